The van der Waals surface area contributed by atoms with Gasteiger partial charge in [0.25, 0.3) is 0 Å². The first-order valence-electron chi connectivity index (χ1n) is 8.74. The number of carbonyl (C=O) groups excluding carboxylic acids is 1. The van der Waals surface area contributed by atoms with Gasteiger partial charge in [-0.25, -0.2) is 16.8 Å². The molecule has 0 aliphatic heterocycles. The lowest BCUT2D eigenvalue weighted by Crippen LogP contribution is -2.41. The van der Waals surface area contributed by atoms with Crippen molar-refractivity contribution < 1.29 is 21.6 Å². The number of amides is 1. The van der Waals surface area contributed by atoms with Gasteiger partial charge in [-0.3, -0.25) is 9.10 Å². The number of hydrogen-bond acceptors (Lipinski definition) is 5. The molecule has 1 unspecified atom stereocenters. The fraction of sp³-hybridized carbons (Fsp3) is 0.316. The van der Waals surface area contributed by atoms with E-state index in [1.54, 1.807) is 24.3 Å². The van der Waals surface area contributed by atoms with E-state index >= 15 is 0 Å². The van der Waals surface area contributed by atoms with E-state index in [4.69, 9.17) is 11.6 Å². The third-order valence-electron chi connectivity index (χ3n) is 4.26. The molecule has 0 saturated carbocycles. The maximum atomic E-state index is 12.6. The largest absolute Gasteiger partial charge is 0.348 e. The molecule has 7 nitrogen and oxygen atoms in total. The summed E-state index contributed by atoms with van der Waals surface area (Å²) in [4.78, 5) is 12.8. The number of halogens is 1. The Kier molecular flexibility index (Phi) is 7.31. The van der Waals surface area contributed by atoms with Crippen LogP contribution in [0.5, 0.6) is 0 Å². The highest BCUT2D eigenvalue weighted by molar-refractivity contribution is 7.92. The summed E-state index contributed by atoms with van der Waals surface area (Å²) < 4.78 is 48.5. The summed E-state index contributed by atoms with van der Waals surface area (Å²) >= 11 is 5.85. The van der Waals surface area contributed by atoms with Crippen molar-refractivity contribution in [2.75, 3.05) is 23.4 Å². The predicted octanol–water partition coefficient (Wildman–Crippen LogP) is 2.78. The van der Waals surface area contributed by atoms with E-state index in [1.165, 1.54) is 24.3 Å². The van der Waals surface area contributed by atoms with Crippen molar-refractivity contribution >= 4 is 43.1 Å². The first-order valence-corrected chi connectivity index (χ1v) is 12.9. The number of rotatable bonds is 8. The number of nitrogens with one attached hydrogen (secondary N) is 1. The van der Waals surface area contributed by atoms with Crippen molar-refractivity contribution in [1.82, 2.24) is 5.32 Å². The van der Waals surface area contributed by atoms with E-state index in [1.807, 2.05) is 6.92 Å². The molecular weight excluding hydrogens is 436 g/mol. The van der Waals surface area contributed by atoms with Crippen molar-refractivity contribution in [2.24, 2.45) is 0 Å². The predicted molar refractivity (Wildman–Crippen MR) is 114 cm³/mol. The number of benzene rings is 2. The molecule has 2 rings (SSSR count). The monoisotopic (exact) mass is 458 g/mol. The van der Waals surface area contributed by atoms with Gasteiger partial charge in [-0.1, -0.05) is 30.7 Å². The van der Waals surface area contributed by atoms with Gasteiger partial charge < -0.3 is 5.32 Å². The van der Waals surface area contributed by atoms with E-state index in [0.717, 1.165) is 22.4 Å². The molecule has 1 amide bonds. The Morgan fingerprint density at radius 3 is 2.00 bits per heavy atom. The minimum atomic E-state index is -3.69. The molecule has 0 fully saturated rings. The summed E-state index contributed by atoms with van der Waals surface area (Å²) in [7, 11) is -7.00. The van der Waals surface area contributed by atoms with Crippen LogP contribution in [0, 0.1) is 0 Å². The first-order chi connectivity index (χ1) is 13.4. The van der Waals surface area contributed by atoms with E-state index in [0.29, 0.717) is 17.1 Å². The molecule has 10 heteroatoms. The van der Waals surface area contributed by atoms with Gasteiger partial charge in [-0.15, -0.1) is 0 Å². The van der Waals surface area contributed by atoms with Crippen molar-refractivity contribution in [3.63, 3.8) is 0 Å². The lowest BCUT2D eigenvalue weighted by Gasteiger charge is -2.24. The maximum absolute atomic E-state index is 12.6. The third kappa shape index (κ3) is 6.45. The lowest BCUT2D eigenvalue weighted by molar-refractivity contribution is -0.120. The maximum Gasteiger partial charge on any atom is 0.241 e. The second-order valence-corrected chi connectivity index (χ2v) is 11.0. The van der Waals surface area contributed by atoms with E-state index in [2.05, 4.69) is 5.32 Å². The molecule has 2 aromatic carbocycles. The summed E-state index contributed by atoms with van der Waals surface area (Å²) in [6, 6.07) is 12.0. The second kappa shape index (κ2) is 9.15. The number of sulfonamides is 1. The zero-order valence-corrected chi connectivity index (χ0v) is 18.7. The number of sulfone groups is 1. The van der Waals surface area contributed by atoms with Crippen LogP contribution in [-0.2, 0) is 24.7 Å². The number of carbonyl (C=O) groups is 1. The molecule has 1 atom stereocenters. The minimum Gasteiger partial charge on any atom is -0.348 e. The SMILES string of the molecule is CCC(NC(=O)CN(c1ccc(Cl)cc1)S(C)(=O)=O)c1ccc(S(C)(=O)=O)cc1. The molecule has 0 bridgehead atoms. The highest BCUT2D eigenvalue weighted by Crippen LogP contribution is 2.22. The molecule has 0 aliphatic carbocycles. The van der Waals surface area contributed by atoms with Crippen LogP contribution >= 0.6 is 11.6 Å². The Hall–Kier alpha value is -2.10. The van der Waals surface area contributed by atoms with Crippen molar-refractivity contribution in [1.29, 1.82) is 0 Å². The molecule has 29 heavy (non-hydrogen) atoms. The van der Waals surface area contributed by atoms with Gasteiger partial charge in [-0.2, -0.15) is 0 Å². The Labute approximate surface area is 176 Å². The van der Waals surface area contributed by atoms with Gasteiger partial charge >= 0.3 is 0 Å². The van der Waals surface area contributed by atoms with Crippen LogP contribution in [0.3, 0.4) is 0 Å². The Balaban J connectivity index is 2.18. The summed E-state index contributed by atoms with van der Waals surface area (Å²) in [6.45, 7) is 1.47. The van der Waals surface area contributed by atoms with Gasteiger partial charge in [0.1, 0.15) is 6.54 Å². The zero-order chi connectivity index (χ0) is 21.8. The summed E-state index contributed by atoms with van der Waals surface area (Å²) in [6.07, 6.45) is 2.69. The third-order valence-corrected chi connectivity index (χ3v) is 6.78. The van der Waals surface area contributed by atoms with Gasteiger partial charge in [0.15, 0.2) is 9.84 Å². The van der Waals surface area contributed by atoms with Gasteiger partial charge in [0.05, 0.1) is 22.9 Å². The van der Waals surface area contributed by atoms with Gasteiger partial charge in [-0.05, 0) is 48.4 Å². The van der Waals surface area contributed by atoms with Crippen molar-refractivity contribution in [3.05, 3.63) is 59.1 Å². The smallest absolute Gasteiger partial charge is 0.241 e. The summed E-state index contributed by atoms with van der Waals surface area (Å²) in [5, 5.41) is 3.26. The molecule has 0 heterocycles. The van der Waals surface area contributed by atoms with E-state index in [9.17, 15) is 21.6 Å². The minimum absolute atomic E-state index is 0.188. The van der Waals surface area contributed by atoms with Crippen molar-refractivity contribution in [3.8, 4) is 0 Å². The Morgan fingerprint density at radius 2 is 1.55 bits per heavy atom. The molecule has 0 aliphatic rings. The number of hydrogen-bond donors (Lipinski definition) is 1. The lowest BCUT2D eigenvalue weighted by atomic mass is 10.0. The topological polar surface area (TPSA) is 101 Å². The highest BCUT2D eigenvalue weighted by atomic mass is 35.5. The normalized spacial score (nSPS) is 13.0. The Morgan fingerprint density at radius 1 is 1.00 bits per heavy atom. The first kappa shape index (κ1) is 23.2. The highest BCUT2D eigenvalue weighted by Gasteiger charge is 2.22. The molecule has 0 radical (unpaired) electrons. The number of nitrogens with zero attached hydrogens (tertiary/aromatic N) is 1. The molecule has 158 valence electrons. The van der Waals surface area contributed by atoms with Gasteiger partial charge in [0.2, 0.25) is 15.9 Å². The van der Waals surface area contributed by atoms with E-state index in [-0.39, 0.29) is 10.9 Å². The average molecular weight is 459 g/mol. The molecule has 0 spiro atoms. The summed E-state index contributed by atoms with van der Waals surface area (Å²) in [5.41, 5.74) is 1.06. The standard InChI is InChI=1S/C19H23ClN2O5S2/c1-4-18(14-5-11-17(12-6-14)28(2,24)25)21-19(23)13-22(29(3,26)27)16-9-7-15(20)8-10-16/h5-12,18H,4,13H2,1-3H3,(H,21,23). The molecule has 2 aromatic rings. The Bertz CT molecular complexity index is 1070. The molecule has 0 aromatic heterocycles. The number of anilines is 1. The molecule has 1 N–H and O–H groups in total. The van der Waals surface area contributed by atoms with Crippen LogP contribution in [0.25, 0.3) is 0 Å². The van der Waals surface area contributed by atoms with Crippen LogP contribution in [0.1, 0.15) is 24.9 Å². The average Bonchev–Trinajstić information content (AvgIpc) is 2.63. The van der Waals surface area contributed by atoms with Crippen LogP contribution in [0.2, 0.25) is 5.02 Å². The quantitative estimate of drug-likeness (QED) is 0.655. The van der Waals surface area contributed by atoms with Crippen LogP contribution in [-0.4, -0.2) is 41.8 Å². The zero-order valence-electron chi connectivity index (χ0n) is 16.3. The second-order valence-electron chi connectivity index (χ2n) is 6.62. The van der Waals surface area contributed by atoms with Crippen LogP contribution < -0.4 is 9.62 Å². The fourth-order valence-corrected chi connectivity index (χ4v) is 4.36. The molecule has 0 saturated heterocycles. The van der Waals surface area contributed by atoms with Crippen LogP contribution in [0.4, 0.5) is 5.69 Å². The van der Waals surface area contributed by atoms with Gasteiger partial charge in [0, 0.05) is 11.3 Å². The van der Waals surface area contributed by atoms with Crippen molar-refractivity contribution in [2.45, 2.75) is 24.3 Å². The van der Waals surface area contributed by atoms with E-state index < -0.39 is 32.3 Å². The van der Waals surface area contributed by atoms with Crippen LogP contribution in [0.15, 0.2) is 53.4 Å². The summed E-state index contributed by atoms with van der Waals surface area (Å²) in [5.74, 6) is -0.482. The molecular formula is C19H23ClN2O5S2. The fourth-order valence-electron chi connectivity index (χ4n) is 2.75.